The van der Waals surface area contributed by atoms with Gasteiger partial charge in [-0.2, -0.15) is 0 Å². The van der Waals surface area contributed by atoms with Crippen LogP contribution in [0.4, 0.5) is 5.69 Å². The van der Waals surface area contributed by atoms with Crippen LogP contribution in [0.15, 0.2) is 42.5 Å². The van der Waals surface area contributed by atoms with Crippen molar-refractivity contribution in [1.82, 2.24) is 5.32 Å². The Kier molecular flexibility index (Phi) is 6.38. The minimum absolute atomic E-state index is 0.101. The molecule has 27 heavy (non-hydrogen) atoms. The minimum Gasteiger partial charge on any atom is -0.481 e. The Morgan fingerprint density at radius 1 is 1.07 bits per heavy atom. The van der Waals surface area contributed by atoms with E-state index >= 15 is 0 Å². The van der Waals surface area contributed by atoms with Gasteiger partial charge in [-0.25, -0.2) is 0 Å². The van der Waals surface area contributed by atoms with E-state index in [4.69, 9.17) is 4.74 Å². The topological polar surface area (TPSA) is 41.6 Å². The average molecular weight is 367 g/mol. The third-order valence-electron chi connectivity index (χ3n) is 5.14. The number of hydrogen-bond donors (Lipinski definition) is 1. The third-order valence-corrected chi connectivity index (χ3v) is 5.14. The molecular weight excluding hydrogens is 336 g/mol. The van der Waals surface area contributed by atoms with Gasteiger partial charge in [0.15, 0.2) is 6.10 Å². The summed E-state index contributed by atoms with van der Waals surface area (Å²) in [6.45, 7) is 8.59. The Labute approximate surface area is 162 Å². The Morgan fingerprint density at radius 2 is 1.78 bits per heavy atom. The summed E-state index contributed by atoms with van der Waals surface area (Å²) in [6.07, 6.45) is 3.35. The number of aryl methyl sites for hydroxylation is 2. The zero-order valence-electron chi connectivity index (χ0n) is 16.6. The van der Waals surface area contributed by atoms with E-state index in [1.165, 1.54) is 24.9 Å². The normalized spacial score (nSPS) is 15.3. The first-order chi connectivity index (χ1) is 13.0. The number of carbonyl (C=O) groups excluding carboxylic acids is 1. The van der Waals surface area contributed by atoms with E-state index in [-0.39, 0.29) is 5.91 Å². The van der Waals surface area contributed by atoms with Gasteiger partial charge < -0.3 is 15.0 Å². The predicted octanol–water partition coefficient (Wildman–Crippen LogP) is 4.38. The molecule has 0 radical (unpaired) electrons. The van der Waals surface area contributed by atoms with Crippen LogP contribution in [-0.2, 0) is 11.3 Å². The number of nitrogens with zero attached hydrogens (tertiary/aromatic N) is 1. The van der Waals surface area contributed by atoms with Gasteiger partial charge in [-0.1, -0.05) is 24.3 Å². The van der Waals surface area contributed by atoms with Crippen molar-refractivity contribution in [1.29, 1.82) is 0 Å². The first-order valence-corrected chi connectivity index (χ1v) is 9.88. The zero-order chi connectivity index (χ0) is 19.2. The van der Waals surface area contributed by atoms with Crippen molar-refractivity contribution in [3.05, 3.63) is 59.2 Å². The molecule has 144 valence electrons. The molecule has 1 atom stereocenters. The molecule has 2 aromatic rings. The lowest BCUT2D eigenvalue weighted by atomic mass is 10.1. The van der Waals surface area contributed by atoms with E-state index in [0.29, 0.717) is 6.54 Å². The van der Waals surface area contributed by atoms with Crippen molar-refractivity contribution < 1.29 is 9.53 Å². The molecule has 0 unspecified atom stereocenters. The molecule has 1 fully saturated rings. The van der Waals surface area contributed by atoms with E-state index in [0.717, 1.165) is 35.5 Å². The number of anilines is 1. The van der Waals surface area contributed by atoms with Crippen LogP contribution in [0.1, 0.15) is 42.9 Å². The van der Waals surface area contributed by atoms with Gasteiger partial charge in [0.2, 0.25) is 0 Å². The molecule has 0 bridgehead atoms. The number of nitrogens with one attached hydrogen (secondary N) is 1. The van der Waals surface area contributed by atoms with Crippen LogP contribution >= 0.6 is 0 Å². The first kappa shape index (κ1) is 19.3. The lowest BCUT2D eigenvalue weighted by Gasteiger charge is -2.28. The fourth-order valence-electron chi connectivity index (χ4n) is 3.39. The molecule has 1 heterocycles. The molecular formula is C23H30N2O2. The summed E-state index contributed by atoms with van der Waals surface area (Å²) in [5.74, 6) is 0.666. The summed E-state index contributed by atoms with van der Waals surface area (Å²) >= 11 is 0. The monoisotopic (exact) mass is 366 g/mol. The van der Waals surface area contributed by atoms with Crippen molar-refractivity contribution in [2.45, 2.75) is 52.7 Å². The molecule has 1 saturated heterocycles. The second kappa shape index (κ2) is 8.94. The van der Waals surface area contributed by atoms with Crippen molar-refractivity contribution in [2.24, 2.45) is 0 Å². The Morgan fingerprint density at radius 3 is 2.48 bits per heavy atom. The molecule has 3 rings (SSSR count). The molecule has 1 aliphatic heterocycles. The lowest BCUT2D eigenvalue weighted by molar-refractivity contribution is -0.127. The molecule has 1 amide bonds. The van der Waals surface area contributed by atoms with Crippen LogP contribution in [0.25, 0.3) is 0 Å². The molecule has 0 aromatic heterocycles. The number of piperidine rings is 1. The van der Waals surface area contributed by atoms with Crippen LogP contribution in [0.2, 0.25) is 0 Å². The van der Waals surface area contributed by atoms with Gasteiger partial charge in [-0.15, -0.1) is 0 Å². The van der Waals surface area contributed by atoms with E-state index in [1.807, 2.05) is 32.0 Å². The highest BCUT2D eigenvalue weighted by Gasteiger charge is 2.16. The predicted molar refractivity (Wildman–Crippen MR) is 110 cm³/mol. The van der Waals surface area contributed by atoms with Gasteiger partial charge in [-0.05, 0) is 74.9 Å². The third kappa shape index (κ3) is 5.25. The Balaban J connectivity index is 1.51. The van der Waals surface area contributed by atoms with Gasteiger partial charge >= 0.3 is 0 Å². The highest BCUT2D eigenvalue weighted by molar-refractivity contribution is 5.80. The largest absolute Gasteiger partial charge is 0.481 e. The molecule has 2 aromatic carbocycles. The summed E-state index contributed by atoms with van der Waals surface area (Å²) < 4.78 is 5.86. The lowest BCUT2D eigenvalue weighted by Crippen LogP contribution is -2.36. The quantitative estimate of drug-likeness (QED) is 0.825. The fraction of sp³-hybridized carbons (Fsp3) is 0.435. The van der Waals surface area contributed by atoms with Crippen LogP contribution in [-0.4, -0.2) is 25.1 Å². The average Bonchev–Trinajstić information content (AvgIpc) is 2.70. The molecule has 4 heteroatoms. The highest BCUT2D eigenvalue weighted by Crippen LogP contribution is 2.21. The summed E-state index contributed by atoms with van der Waals surface area (Å²) in [4.78, 5) is 14.8. The first-order valence-electron chi connectivity index (χ1n) is 9.88. The zero-order valence-corrected chi connectivity index (χ0v) is 16.6. The van der Waals surface area contributed by atoms with Crippen molar-refractivity contribution >= 4 is 11.6 Å². The van der Waals surface area contributed by atoms with Crippen LogP contribution < -0.4 is 15.0 Å². The number of benzene rings is 2. The maximum absolute atomic E-state index is 12.4. The van der Waals surface area contributed by atoms with Crippen molar-refractivity contribution in [3.8, 4) is 5.75 Å². The molecule has 4 nitrogen and oxygen atoms in total. The fourth-order valence-corrected chi connectivity index (χ4v) is 3.39. The summed E-state index contributed by atoms with van der Waals surface area (Å²) in [5, 5.41) is 2.97. The van der Waals surface area contributed by atoms with Crippen LogP contribution in [0.5, 0.6) is 5.75 Å². The Bertz CT molecular complexity index is 764. The number of carbonyl (C=O) groups is 1. The van der Waals surface area contributed by atoms with Gasteiger partial charge in [0.1, 0.15) is 5.75 Å². The maximum atomic E-state index is 12.4. The SMILES string of the molecule is Cc1ccc(C)c(O[C@@H](C)C(=O)NCc2ccc(N3CCCCC3)cc2)c1. The van der Waals surface area contributed by atoms with E-state index in [2.05, 4.69) is 34.5 Å². The second-order valence-electron chi connectivity index (χ2n) is 7.46. The minimum atomic E-state index is -0.530. The van der Waals surface area contributed by atoms with Crippen LogP contribution in [0.3, 0.4) is 0 Å². The standard InChI is InChI=1S/C23H30N2O2/c1-17-7-8-18(2)22(15-17)27-19(3)23(26)24-16-20-9-11-21(12-10-20)25-13-5-4-6-14-25/h7-12,15,19H,4-6,13-14,16H2,1-3H3,(H,24,26)/t19-/m0/s1. The van der Waals surface area contributed by atoms with E-state index in [9.17, 15) is 4.79 Å². The molecule has 0 spiro atoms. The summed E-state index contributed by atoms with van der Waals surface area (Å²) in [6, 6.07) is 14.5. The number of rotatable bonds is 6. The van der Waals surface area contributed by atoms with Crippen molar-refractivity contribution in [3.63, 3.8) is 0 Å². The van der Waals surface area contributed by atoms with Gasteiger partial charge in [-0.3, -0.25) is 4.79 Å². The smallest absolute Gasteiger partial charge is 0.261 e. The Hall–Kier alpha value is -2.49. The molecule has 1 N–H and O–H groups in total. The van der Waals surface area contributed by atoms with Crippen molar-refractivity contribution in [2.75, 3.05) is 18.0 Å². The molecule has 0 aliphatic carbocycles. The molecule has 0 saturated carbocycles. The number of amides is 1. The van der Waals surface area contributed by atoms with Gasteiger partial charge in [0.05, 0.1) is 0 Å². The second-order valence-corrected chi connectivity index (χ2v) is 7.46. The summed E-state index contributed by atoms with van der Waals surface area (Å²) in [5.41, 5.74) is 4.53. The highest BCUT2D eigenvalue weighted by atomic mass is 16.5. The maximum Gasteiger partial charge on any atom is 0.261 e. The van der Waals surface area contributed by atoms with Gasteiger partial charge in [0.25, 0.3) is 5.91 Å². The summed E-state index contributed by atoms with van der Waals surface area (Å²) in [7, 11) is 0. The van der Waals surface area contributed by atoms with E-state index in [1.54, 1.807) is 6.92 Å². The van der Waals surface area contributed by atoms with E-state index < -0.39 is 6.10 Å². The number of ether oxygens (including phenoxy) is 1. The van der Waals surface area contributed by atoms with Gasteiger partial charge in [0, 0.05) is 25.3 Å². The van der Waals surface area contributed by atoms with Crippen LogP contribution in [0, 0.1) is 13.8 Å². The molecule has 1 aliphatic rings. The number of hydrogen-bond acceptors (Lipinski definition) is 3.